The van der Waals surface area contributed by atoms with Crippen LogP contribution >= 0.6 is 0 Å². The maximum absolute atomic E-state index is 15.0. The highest BCUT2D eigenvalue weighted by Gasteiger charge is 2.57. The first kappa shape index (κ1) is 22.1. The van der Waals surface area contributed by atoms with Crippen molar-refractivity contribution in [1.82, 2.24) is 15.0 Å². The summed E-state index contributed by atoms with van der Waals surface area (Å²) in [6.45, 7) is 5.52. The predicted molar refractivity (Wildman–Crippen MR) is 118 cm³/mol. The van der Waals surface area contributed by atoms with Crippen LogP contribution in [0.25, 0.3) is 0 Å². The topological polar surface area (TPSA) is 145 Å². The molecule has 4 heterocycles. The minimum atomic E-state index is -2.84. The van der Waals surface area contributed by atoms with E-state index in [9.17, 15) is 13.4 Å². The number of methoxy groups -OCH3 is 1. The second-order valence-corrected chi connectivity index (χ2v) is 11.3. The quantitative estimate of drug-likeness (QED) is 0.707. The van der Waals surface area contributed by atoms with Gasteiger partial charge in [0.25, 0.3) is 5.91 Å². The molecular weight excluding hydrogens is 437 g/mol. The van der Waals surface area contributed by atoms with Crippen molar-refractivity contribution >= 4 is 27.3 Å². The van der Waals surface area contributed by atoms with E-state index in [0.717, 1.165) is 0 Å². The molecule has 2 aliphatic rings. The zero-order chi connectivity index (χ0) is 23.3. The van der Waals surface area contributed by atoms with E-state index in [4.69, 9.17) is 10.5 Å². The third-order valence-corrected chi connectivity index (χ3v) is 9.73. The Labute approximate surface area is 185 Å². The van der Waals surface area contributed by atoms with E-state index in [0.29, 0.717) is 13.0 Å². The molecule has 0 radical (unpaired) electrons. The smallest absolute Gasteiger partial charge is 0.277 e. The van der Waals surface area contributed by atoms with Crippen molar-refractivity contribution in [3.63, 3.8) is 0 Å². The minimum Gasteiger partial charge on any atom is -0.480 e. The van der Waals surface area contributed by atoms with Crippen LogP contribution in [-0.2, 0) is 15.3 Å². The Hall–Kier alpha value is -3.15. The summed E-state index contributed by atoms with van der Waals surface area (Å²) < 4.78 is 37.2. The molecule has 0 saturated heterocycles. The normalized spacial score (nSPS) is 28.3. The number of rotatable bonds is 4. The summed E-state index contributed by atoms with van der Waals surface area (Å²) in [4.78, 5) is 29.4. The van der Waals surface area contributed by atoms with Crippen LogP contribution in [0.4, 0.5) is 10.2 Å². The molecular formula is C20H24FN7O3S. The second kappa shape index (κ2) is 7.47. The molecule has 170 valence electrons. The molecule has 0 aromatic carbocycles. The van der Waals surface area contributed by atoms with Crippen LogP contribution in [0.2, 0.25) is 0 Å². The molecule has 0 spiro atoms. The van der Waals surface area contributed by atoms with Gasteiger partial charge in [-0.25, -0.2) is 27.9 Å². The number of pyridine rings is 1. The maximum atomic E-state index is 15.0. The Balaban J connectivity index is 1.73. The van der Waals surface area contributed by atoms with Gasteiger partial charge in [0.05, 0.1) is 34.5 Å². The molecule has 2 aromatic heterocycles. The van der Waals surface area contributed by atoms with E-state index in [2.05, 4.69) is 29.6 Å². The summed E-state index contributed by atoms with van der Waals surface area (Å²) in [6.07, 6.45) is 3.03. The van der Waals surface area contributed by atoms with Gasteiger partial charge in [0.1, 0.15) is 39.1 Å². The van der Waals surface area contributed by atoms with Crippen LogP contribution in [0.15, 0.2) is 33.9 Å². The lowest BCUT2D eigenvalue weighted by molar-refractivity contribution is 0.102. The Bertz CT molecular complexity index is 1240. The molecule has 32 heavy (non-hydrogen) atoms. The highest BCUT2D eigenvalue weighted by molar-refractivity contribution is 7.96. The van der Waals surface area contributed by atoms with Crippen molar-refractivity contribution in [3.8, 4) is 5.88 Å². The standard InChI is InChI=1S/C20H24FN7O3S/c1-19(2)18(22)28-20(3,13-7-8-25-32(13,19)30)16-11(21)5-6-14(26-16)27-17(29)12-9-24-15(31-4)10-23-12/h5-6,9-10,13H,7-8H2,1-4H3,(H2,22,28)(H,26,27,29)/t13-,20+,32-/m1/s1. The van der Waals surface area contributed by atoms with Gasteiger partial charge in [-0.15, -0.1) is 0 Å². The highest BCUT2D eigenvalue weighted by atomic mass is 32.2. The minimum absolute atomic E-state index is 0.0315. The van der Waals surface area contributed by atoms with E-state index in [1.54, 1.807) is 20.8 Å². The molecule has 3 atom stereocenters. The van der Waals surface area contributed by atoms with E-state index >= 15 is 0 Å². The number of amides is 1. The zero-order valence-corrected chi connectivity index (χ0v) is 18.9. The number of halogens is 1. The van der Waals surface area contributed by atoms with Gasteiger partial charge < -0.3 is 15.8 Å². The summed E-state index contributed by atoms with van der Waals surface area (Å²) in [6, 6.07) is 2.51. The van der Waals surface area contributed by atoms with Gasteiger partial charge in [0, 0.05) is 6.54 Å². The molecule has 4 rings (SSSR count). The third-order valence-electron chi connectivity index (χ3n) is 6.02. The van der Waals surface area contributed by atoms with E-state index < -0.39 is 37.0 Å². The van der Waals surface area contributed by atoms with E-state index in [1.807, 2.05) is 0 Å². The Morgan fingerprint density at radius 1 is 1.28 bits per heavy atom. The van der Waals surface area contributed by atoms with Crippen molar-refractivity contribution in [2.75, 3.05) is 19.0 Å². The largest absolute Gasteiger partial charge is 0.480 e. The number of aliphatic imine (C=N–C) groups is 1. The third kappa shape index (κ3) is 3.20. The molecule has 0 saturated carbocycles. The fourth-order valence-corrected chi connectivity index (χ4v) is 7.21. The van der Waals surface area contributed by atoms with Crippen molar-refractivity contribution < 1.29 is 18.1 Å². The molecule has 0 aliphatic carbocycles. The first-order valence-corrected chi connectivity index (χ1v) is 11.5. The summed E-state index contributed by atoms with van der Waals surface area (Å²) in [5, 5.41) is 2.01. The number of hydrogen-bond donors (Lipinski definition) is 2. The molecule has 10 nitrogen and oxygen atoms in total. The van der Waals surface area contributed by atoms with E-state index in [-0.39, 0.29) is 28.9 Å². The lowest BCUT2D eigenvalue weighted by Gasteiger charge is -2.44. The van der Waals surface area contributed by atoms with Crippen molar-refractivity contribution in [2.45, 2.75) is 42.7 Å². The number of nitrogens with zero attached hydrogens (tertiary/aromatic N) is 5. The number of fused-ring (bicyclic) bond motifs is 1. The number of ether oxygens (including phenoxy) is 1. The molecule has 1 amide bonds. The Kier molecular flexibility index (Phi) is 5.15. The van der Waals surface area contributed by atoms with Crippen LogP contribution in [-0.4, -0.2) is 54.6 Å². The number of carbonyl (C=O) groups is 1. The fraction of sp³-hybridized carbons (Fsp3) is 0.450. The summed E-state index contributed by atoms with van der Waals surface area (Å²) in [5.74, 6) is -0.735. The van der Waals surface area contributed by atoms with Crippen molar-refractivity contribution in [2.24, 2.45) is 15.1 Å². The SMILES string of the molecule is COc1cnc(C(=O)Nc2ccc(F)c([C@@]3(C)N=C(N)C(C)(C)[S@@]4(=O)=NCC[C@H]34)n2)cn1. The summed E-state index contributed by atoms with van der Waals surface area (Å²) in [7, 11) is -1.40. The zero-order valence-electron chi connectivity index (χ0n) is 18.1. The van der Waals surface area contributed by atoms with Crippen LogP contribution in [0.5, 0.6) is 5.88 Å². The molecule has 12 heteroatoms. The van der Waals surface area contributed by atoms with Gasteiger partial charge in [-0.3, -0.25) is 9.79 Å². The Morgan fingerprint density at radius 3 is 2.69 bits per heavy atom. The van der Waals surface area contributed by atoms with Gasteiger partial charge >= 0.3 is 0 Å². The van der Waals surface area contributed by atoms with Gasteiger partial charge in [0.2, 0.25) is 5.88 Å². The summed E-state index contributed by atoms with van der Waals surface area (Å²) in [5.41, 5.74) is 4.88. The predicted octanol–water partition coefficient (Wildman–Crippen LogP) is 1.88. The van der Waals surface area contributed by atoms with Crippen molar-refractivity contribution in [3.05, 3.63) is 41.7 Å². The first-order valence-electron chi connectivity index (χ1n) is 9.94. The number of amidine groups is 1. The number of nitrogens with one attached hydrogen (secondary N) is 1. The maximum Gasteiger partial charge on any atom is 0.277 e. The number of anilines is 1. The lowest BCUT2D eigenvalue weighted by atomic mass is 9.89. The fourth-order valence-electron chi connectivity index (χ4n) is 4.06. The number of aromatic nitrogens is 3. The van der Waals surface area contributed by atoms with Crippen LogP contribution in [0, 0.1) is 5.82 Å². The molecule has 3 N–H and O–H groups in total. The first-order chi connectivity index (χ1) is 15.0. The van der Waals surface area contributed by atoms with Gasteiger partial charge in [-0.1, -0.05) is 0 Å². The summed E-state index contributed by atoms with van der Waals surface area (Å²) >= 11 is 0. The second-order valence-electron chi connectivity index (χ2n) is 8.28. The highest BCUT2D eigenvalue weighted by Crippen LogP contribution is 2.47. The van der Waals surface area contributed by atoms with Gasteiger partial charge in [-0.05, 0) is 39.3 Å². The molecule has 0 bridgehead atoms. The molecule has 2 aliphatic heterocycles. The number of hydrogen-bond acceptors (Lipinski definition) is 9. The Morgan fingerprint density at radius 2 is 2.03 bits per heavy atom. The average Bonchev–Trinajstić information content (AvgIpc) is 3.18. The van der Waals surface area contributed by atoms with Gasteiger partial charge in [-0.2, -0.15) is 0 Å². The van der Waals surface area contributed by atoms with Crippen LogP contribution < -0.4 is 15.8 Å². The molecule has 2 aromatic rings. The van der Waals surface area contributed by atoms with Crippen LogP contribution in [0.3, 0.4) is 0 Å². The molecule has 0 unspecified atom stereocenters. The van der Waals surface area contributed by atoms with Crippen molar-refractivity contribution in [1.29, 1.82) is 0 Å². The number of carbonyl (C=O) groups excluding carboxylic acids is 1. The average molecular weight is 462 g/mol. The van der Waals surface area contributed by atoms with Gasteiger partial charge in [0.15, 0.2) is 0 Å². The van der Waals surface area contributed by atoms with Crippen LogP contribution in [0.1, 0.15) is 43.4 Å². The number of nitrogens with two attached hydrogens (primary N) is 1. The lowest BCUT2D eigenvalue weighted by Crippen LogP contribution is -2.58. The molecule has 0 fully saturated rings. The van der Waals surface area contributed by atoms with E-state index in [1.165, 1.54) is 31.6 Å². The monoisotopic (exact) mass is 461 g/mol.